The zero-order valence-corrected chi connectivity index (χ0v) is 9.38. The van der Waals surface area contributed by atoms with Crippen molar-refractivity contribution in [1.29, 1.82) is 0 Å². The van der Waals surface area contributed by atoms with E-state index in [1.165, 1.54) is 10.9 Å². The first-order valence-corrected chi connectivity index (χ1v) is 5.36. The van der Waals surface area contributed by atoms with Gasteiger partial charge in [0.1, 0.15) is 0 Å². The maximum absolute atomic E-state index is 12.0. The van der Waals surface area contributed by atoms with E-state index in [0.29, 0.717) is 16.8 Å². The van der Waals surface area contributed by atoms with Gasteiger partial charge in [0.05, 0.1) is 0 Å². The normalized spacial score (nSPS) is 13.3. The maximum atomic E-state index is 12.0. The van der Waals surface area contributed by atoms with Crippen LogP contribution in [0.3, 0.4) is 0 Å². The van der Waals surface area contributed by atoms with Gasteiger partial charge in [-0.3, -0.25) is 9.59 Å². The van der Waals surface area contributed by atoms with Gasteiger partial charge in [-0.2, -0.15) is 5.10 Å². The number of aromatic nitrogens is 2. The molecule has 1 aromatic heterocycles. The molecule has 0 bridgehead atoms. The van der Waals surface area contributed by atoms with Crippen LogP contribution < -0.4 is 5.32 Å². The van der Waals surface area contributed by atoms with Gasteiger partial charge in [-0.1, -0.05) is 12.6 Å². The van der Waals surface area contributed by atoms with E-state index in [2.05, 4.69) is 17.0 Å². The average molecular weight is 239 g/mol. The fourth-order valence-electron chi connectivity index (χ4n) is 1.92. The zero-order chi connectivity index (χ0) is 12.7. The molecule has 18 heavy (non-hydrogen) atoms. The summed E-state index contributed by atoms with van der Waals surface area (Å²) in [7, 11) is 0. The van der Waals surface area contributed by atoms with E-state index in [-0.39, 0.29) is 11.8 Å². The molecule has 1 amide bonds. The van der Waals surface area contributed by atoms with Crippen LogP contribution in [0.15, 0.2) is 43.2 Å². The summed E-state index contributed by atoms with van der Waals surface area (Å²) in [4.78, 5) is 23.7. The summed E-state index contributed by atoms with van der Waals surface area (Å²) in [6.45, 7) is 3.74. The van der Waals surface area contributed by atoms with Crippen LogP contribution in [0.25, 0.3) is 5.70 Å². The highest BCUT2D eigenvalue weighted by Gasteiger charge is 2.23. The zero-order valence-electron chi connectivity index (χ0n) is 9.38. The van der Waals surface area contributed by atoms with Gasteiger partial charge in [-0.05, 0) is 18.2 Å². The molecule has 0 spiro atoms. The molecule has 0 unspecified atom stereocenters. The number of carbonyl (C=O) groups is 2. The quantitative estimate of drug-likeness (QED) is 0.815. The Labute approximate surface area is 103 Å². The predicted molar refractivity (Wildman–Crippen MR) is 64.9 cm³/mol. The number of amides is 1. The summed E-state index contributed by atoms with van der Waals surface area (Å²) in [5, 5.41) is 6.49. The maximum Gasteiger partial charge on any atom is 0.278 e. The van der Waals surface area contributed by atoms with E-state index in [4.69, 9.17) is 0 Å². The van der Waals surface area contributed by atoms with Gasteiger partial charge < -0.3 is 5.32 Å². The summed E-state index contributed by atoms with van der Waals surface area (Å²) in [6, 6.07) is 6.60. The number of carbonyl (C=O) groups excluding carboxylic acids is 2. The van der Waals surface area contributed by atoms with E-state index < -0.39 is 0 Å². The molecule has 0 atom stereocenters. The fourth-order valence-corrected chi connectivity index (χ4v) is 1.92. The molecule has 0 saturated heterocycles. The molecule has 3 rings (SSSR count). The molecule has 1 N–H and O–H groups in total. The van der Waals surface area contributed by atoms with Gasteiger partial charge in [0.15, 0.2) is 0 Å². The molecule has 0 fully saturated rings. The largest absolute Gasteiger partial charge is 0.322 e. The lowest BCUT2D eigenvalue weighted by atomic mass is 10.0. The molecule has 88 valence electrons. The third-order valence-corrected chi connectivity index (χ3v) is 2.81. The minimum Gasteiger partial charge on any atom is -0.322 e. The highest BCUT2D eigenvalue weighted by molar-refractivity contribution is 6.10. The first kappa shape index (κ1) is 10.5. The predicted octanol–water partition coefficient (Wildman–Crippen LogP) is 1.29. The van der Waals surface area contributed by atoms with E-state index in [1.807, 2.05) is 0 Å². The van der Waals surface area contributed by atoms with Crippen molar-refractivity contribution >= 4 is 17.5 Å². The summed E-state index contributed by atoms with van der Waals surface area (Å²) in [6.07, 6.45) is 3.09. The number of rotatable bonds is 1. The fraction of sp³-hybridized carbons (Fsp3) is 0. The number of nitrogens with one attached hydrogen (secondary N) is 1. The lowest BCUT2D eigenvalue weighted by Crippen LogP contribution is -2.14. The van der Waals surface area contributed by atoms with Gasteiger partial charge in [-0.25, -0.2) is 4.68 Å². The molecule has 0 saturated carbocycles. The molecule has 0 aliphatic carbocycles. The van der Waals surface area contributed by atoms with Crippen molar-refractivity contribution in [2.75, 3.05) is 0 Å². The van der Waals surface area contributed by atoms with Crippen LogP contribution in [0.4, 0.5) is 0 Å². The van der Waals surface area contributed by atoms with E-state index in [9.17, 15) is 9.59 Å². The molecule has 0 radical (unpaired) electrons. The molecule has 2 heterocycles. The standard InChI is InChI=1S/C13H9N3O2/c1-8-10-4-3-9(7-11(10)12(17)15-8)13(18)16-6-2-5-14-16/h2-7H,1H2,(H,15,17). The molecule has 1 aliphatic rings. The van der Waals surface area contributed by atoms with Crippen LogP contribution in [-0.4, -0.2) is 21.6 Å². The third kappa shape index (κ3) is 1.45. The minimum atomic E-state index is -0.270. The number of nitrogens with zero attached hydrogens (tertiary/aromatic N) is 2. The van der Waals surface area contributed by atoms with Crippen LogP contribution in [0, 0.1) is 0 Å². The van der Waals surface area contributed by atoms with E-state index in [1.54, 1.807) is 30.5 Å². The van der Waals surface area contributed by atoms with Crippen LogP contribution in [0.1, 0.15) is 26.3 Å². The summed E-state index contributed by atoms with van der Waals surface area (Å²) < 4.78 is 1.23. The van der Waals surface area contributed by atoms with Crippen LogP contribution in [0.2, 0.25) is 0 Å². The van der Waals surface area contributed by atoms with Crippen LogP contribution in [-0.2, 0) is 0 Å². The van der Waals surface area contributed by atoms with Crippen molar-refractivity contribution < 1.29 is 9.59 Å². The van der Waals surface area contributed by atoms with Crippen molar-refractivity contribution in [2.45, 2.75) is 0 Å². The van der Waals surface area contributed by atoms with Crippen molar-refractivity contribution in [1.82, 2.24) is 15.1 Å². The van der Waals surface area contributed by atoms with Gasteiger partial charge in [0, 0.05) is 34.8 Å². The second-order valence-electron chi connectivity index (χ2n) is 3.95. The second kappa shape index (κ2) is 3.66. The Morgan fingerprint density at radius 2 is 2.17 bits per heavy atom. The number of benzene rings is 1. The number of hydrogen-bond donors (Lipinski definition) is 1. The Morgan fingerprint density at radius 1 is 1.33 bits per heavy atom. The highest BCUT2D eigenvalue weighted by atomic mass is 16.2. The summed E-state index contributed by atoms with van der Waals surface area (Å²) >= 11 is 0. The molecule has 5 heteroatoms. The Kier molecular flexibility index (Phi) is 2.13. The van der Waals surface area contributed by atoms with E-state index >= 15 is 0 Å². The third-order valence-electron chi connectivity index (χ3n) is 2.81. The van der Waals surface area contributed by atoms with Gasteiger partial charge >= 0.3 is 0 Å². The monoisotopic (exact) mass is 239 g/mol. The average Bonchev–Trinajstić information content (AvgIpc) is 2.98. The van der Waals surface area contributed by atoms with Gasteiger partial charge in [0.2, 0.25) is 0 Å². The van der Waals surface area contributed by atoms with Crippen molar-refractivity contribution in [3.63, 3.8) is 0 Å². The van der Waals surface area contributed by atoms with Crippen molar-refractivity contribution in [3.05, 3.63) is 59.9 Å². The lowest BCUT2D eigenvalue weighted by Gasteiger charge is -2.02. The van der Waals surface area contributed by atoms with Crippen LogP contribution in [0.5, 0.6) is 0 Å². The first-order valence-electron chi connectivity index (χ1n) is 5.36. The van der Waals surface area contributed by atoms with Crippen molar-refractivity contribution in [3.8, 4) is 0 Å². The molecule has 5 nitrogen and oxygen atoms in total. The minimum absolute atomic E-state index is 0.231. The number of hydrogen-bond acceptors (Lipinski definition) is 3. The van der Waals surface area contributed by atoms with E-state index in [0.717, 1.165) is 5.56 Å². The topological polar surface area (TPSA) is 64.0 Å². The smallest absolute Gasteiger partial charge is 0.278 e. The second-order valence-corrected chi connectivity index (χ2v) is 3.95. The Hall–Kier alpha value is -2.69. The molecule has 1 aromatic carbocycles. The van der Waals surface area contributed by atoms with Gasteiger partial charge in [-0.15, -0.1) is 0 Å². The Bertz CT molecular complexity index is 672. The Morgan fingerprint density at radius 3 is 2.89 bits per heavy atom. The molecular weight excluding hydrogens is 230 g/mol. The SMILES string of the molecule is C=C1NC(=O)c2cc(C(=O)n3cccn3)ccc21. The summed E-state index contributed by atoms with van der Waals surface area (Å²) in [5.74, 6) is -0.502. The first-order chi connectivity index (χ1) is 8.66. The molecule has 1 aliphatic heterocycles. The highest BCUT2D eigenvalue weighted by Crippen LogP contribution is 2.24. The van der Waals surface area contributed by atoms with Gasteiger partial charge in [0.25, 0.3) is 11.8 Å². The van der Waals surface area contributed by atoms with Crippen LogP contribution >= 0.6 is 0 Å². The summed E-state index contributed by atoms with van der Waals surface area (Å²) in [5.41, 5.74) is 2.19. The molecular formula is C13H9N3O2. The molecule has 2 aromatic rings. The number of fused-ring (bicyclic) bond motifs is 1. The Balaban J connectivity index is 2.06. The lowest BCUT2D eigenvalue weighted by molar-refractivity contribution is 0.0945. The van der Waals surface area contributed by atoms with Crippen molar-refractivity contribution in [2.24, 2.45) is 0 Å².